The quantitative estimate of drug-likeness (QED) is 0.783. The number of amides is 2. The molecule has 1 heterocycles. The van der Waals surface area contributed by atoms with Crippen molar-refractivity contribution in [2.45, 2.75) is 13.5 Å². The van der Waals surface area contributed by atoms with Crippen LogP contribution in [0.3, 0.4) is 0 Å². The number of ether oxygens (including phenoxy) is 1. The van der Waals surface area contributed by atoms with Gasteiger partial charge >= 0.3 is 0 Å². The zero-order chi connectivity index (χ0) is 17.5. The van der Waals surface area contributed by atoms with Crippen LogP contribution in [-0.4, -0.2) is 36.9 Å². The molecule has 2 rings (SSSR count). The van der Waals surface area contributed by atoms with Gasteiger partial charge in [0.25, 0.3) is 5.91 Å². The molecular weight excluding hydrogens is 376 g/mol. The Morgan fingerprint density at radius 1 is 1.29 bits per heavy atom. The molecule has 24 heavy (non-hydrogen) atoms. The van der Waals surface area contributed by atoms with E-state index in [1.807, 2.05) is 31.2 Å². The number of hydrogen-bond donors (Lipinski definition) is 1. The summed E-state index contributed by atoms with van der Waals surface area (Å²) in [5.41, 5.74) is 0.929. The molecule has 0 spiro atoms. The third kappa shape index (κ3) is 5.13. The van der Waals surface area contributed by atoms with E-state index in [1.54, 1.807) is 19.2 Å². The zero-order valence-electron chi connectivity index (χ0n) is 13.5. The maximum Gasteiger partial charge on any atom is 0.289 e. The van der Waals surface area contributed by atoms with Crippen LogP contribution in [0.5, 0.6) is 5.75 Å². The molecule has 0 bridgehead atoms. The van der Waals surface area contributed by atoms with Gasteiger partial charge in [-0.2, -0.15) is 0 Å². The molecule has 6 nitrogen and oxygen atoms in total. The van der Waals surface area contributed by atoms with E-state index < -0.39 is 0 Å². The molecule has 0 radical (unpaired) electrons. The molecule has 0 aliphatic heterocycles. The fourth-order valence-corrected chi connectivity index (χ4v) is 2.38. The minimum atomic E-state index is -0.353. The molecule has 0 unspecified atom stereocenters. The number of nitrogens with zero attached hydrogens (tertiary/aromatic N) is 1. The molecule has 0 aliphatic rings. The Bertz CT molecular complexity index is 714. The van der Waals surface area contributed by atoms with E-state index in [0.717, 1.165) is 11.3 Å². The van der Waals surface area contributed by atoms with Crippen LogP contribution in [0.2, 0.25) is 0 Å². The Morgan fingerprint density at radius 3 is 2.75 bits per heavy atom. The second-order valence-electron chi connectivity index (χ2n) is 5.12. The molecule has 1 aromatic heterocycles. The summed E-state index contributed by atoms with van der Waals surface area (Å²) in [5, 5.41) is 2.78. The molecular formula is C17H19BrN2O4. The van der Waals surface area contributed by atoms with Gasteiger partial charge in [0, 0.05) is 13.6 Å². The van der Waals surface area contributed by atoms with Crippen molar-refractivity contribution in [2.24, 2.45) is 0 Å². The van der Waals surface area contributed by atoms with Crippen LogP contribution >= 0.6 is 15.9 Å². The monoisotopic (exact) mass is 394 g/mol. The number of rotatable bonds is 7. The predicted molar refractivity (Wildman–Crippen MR) is 92.8 cm³/mol. The standard InChI is InChI=1S/C17H19BrN2O4/c1-3-23-13-6-4-5-12(9-13)10-19-16(21)11-20(2)17(22)14-7-8-15(18)24-14/h4-9H,3,10-11H2,1-2H3,(H,19,21). The summed E-state index contributed by atoms with van der Waals surface area (Å²) >= 11 is 3.14. The Balaban J connectivity index is 1.84. The van der Waals surface area contributed by atoms with Crippen LogP contribution in [0, 0.1) is 0 Å². The maximum atomic E-state index is 12.1. The highest BCUT2D eigenvalue weighted by Gasteiger charge is 2.18. The molecule has 2 aromatic rings. The lowest BCUT2D eigenvalue weighted by Crippen LogP contribution is -2.38. The fourth-order valence-electron chi connectivity index (χ4n) is 2.07. The van der Waals surface area contributed by atoms with E-state index in [4.69, 9.17) is 9.15 Å². The second kappa shape index (κ2) is 8.54. The van der Waals surface area contributed by atoms with Crippen molar-refractivity contribution in [3.8, 4) is 5.75 Å². The van der Waals surface area contributed by atoms with Gasteiger partial charge in [-0.05, 0) is 52.7 Å². The van der Waals surface area contributed by atoms with Gasteiger partial charge in [0.15, 0.2) is 10.4 Å². The van der Waals surface area contributed by atoms with Crippen molar-refractivity contribution in [3.05, 3.63) is 52.4 Å². The molecule has 0 aliphatic carbocycles. The summed E-state index contributed by atoms with van der Waals surface area (Å²) in [6.07, 6.45) is 0. The van der Waals surface area contributed by atoms with Crippen LogP contribution in [-0.2, 0) is 11.3 Å². The SMILES string of the molecule is CCOc1cccc(CNC(=O)CN(C)C(=O)c2ccc(Br)o2)c1. The highest BCUT2D eigenvalue weighted by molar-refractivity contribution is 9.10. The van der Waals surface area contributed by atoms with Gasteiger partial charge in [0.1, 0.15) is 5.75 Å². The Kier molecular flexibility index (Phi) is 6.43. The van der Waals surface area contributed by atoms with Crippen LogP contribution in [0.4, 0.5) is 0 Å². The number of hydrogen-bond acceptors (Lipinski definition) is 4. The molecule has 128 valence electrons. The molecule has 0 fully saturated rings. The van der Waals surface area contributed by atoms with Gasteiger partial charge in [-0.1, -0.05) is 12.1 Å². The van der Waals surface area contributed by atoms with Gasteiger partial charge in [-0.25, -0.2) is 0 Å². The number of halogens is 1. The van der Waals surface area contributed by atoms with Crippen molar-refractivity contribution >= 4 is 27.7 Å². The number of likely N-dealkylation sites (N-methyl/N-ethyl adjacent to an activating group) is 1. The highest BCUT2D eigenvalue weighted by atomic mass is 79.9. The Hall–Kier alpha value is -2.28. The summed E-state index contributed by atoms with van der Waals surface area (Å²) < 4.78 is 11.1. The lowest BCUT2D eigenvalue weighted by molar-refractivity contribution is -0.121. The number of carbonyl (C=O) groups excluding carboxylic acids is 2. The first kappa shape index (κ1) is 18.1. The minimum Gasteiger partial charge on any atom is -0.494 e. The van der Waals surface area contributed by atoms with Crippen LogP contribution < -0.4 is 10.1 Å². The largest absolute Gasteiger partial charge is 0.494 e. The van der Waals surface area contributed by atoms with Gasteiger partial charge < -0.3 is 19.4 Å². The highest BCUT2D eigenvalue weighted by Crippen LogP contribution is 2.15. The van der Waals surface area contributed by atoms with Gasteiger partial charge in [-0.15, -0.1) is 0 Å². The van der Waals surface area contributed by atoms with E-state index >= 15 is 0 Å². The van der Waals surface area contributed by atoms with Crippen LogP contribution in [0.1, 0.15) is 23.0 Å². The molecule has 0 atom stereocenters. The van der Waals surface area contributed by atoms with Crippen LogP contribution in [0.15, 0.2) is 45.5 Å². The van der Waals surface area contributed by atoms with Crippen molar-refractivity contribution in [1.82, 2.24) is 10.2 Å². The molecule has 0 saturated heterocycles. The van der Waals surface area contributed by atoms with Gasteiger partial charge in [-0.3, -0.25) is 9.59 Å². The van der Waals surface area contributed by atoms with E-state index in [0.29, 0.717) is 17.8 Å². The molecule has 1 N–H and O–H groups in total. The van der Waals surface area contributed by atoms with Gasteiger partial charge in [0.05, 0.1) is 13.2 Å². The first-order valence-corrected chi connectivity index (χ1v) is 8.28. The Morgan fingerprint density at radius 2 is 2.08 bits per heavy atom. The molecule has 0 saturated carbocycles. The van der Waals surface area contributed by atoms with Crippen LogP contribution in [0.25, 0.3) is 0 Å². The van der Waals surface area contributed by atoms with Crippen molar-refractivity contribution < 1.29 is 18.7 Å². The minimum absolute atomic E-state index is 0.0533. The third-order valence-corrected chi connectivity index (χ3v) is 3.64. The summed E-state index contributed by atoms with van der Waals surface area (Å²) in [7, 11) is 1.55. The molecule has 7 heteroatoms. The number of benzene rings is 1. The first-order valence-electron chi connectivity index (χ1n) is 7.49. The molecule has 1 aromatic carbocycles. The maximum absolute atomic E-state index is 12.1. The molecule has 2 amide bonds. The third-order valence-electron chi connectivity index (χ3n) is 3.21. The van der Waals surface area contributed by atoms with Crippen molar-refractivity contribution in [2.75, 3.05) is 20.2 Å². The number of furan rings is 1. The lowest BCUT2D eigenvalue weighted by Gasteiger charge is -2.15. The summed E-state index contributed by atoms with van der Waals surface area (Å²) in [6, 6.07) is 10.7. The first-order chi connectivity index (χ1) is 11.5. The fraction of sp³-hybridized carbons (Fsp3) is 0.294. The normalized spacial score (nSPS) is 10.3. The Labute approximate surface area is 148 Å². The van der Waals surface area contributed by atoms with Crippen molar-refractivity contribution in [1.29, 1.82) is 0 Å². The average Bonchev–Trinajstić information content (AvgIpc) is 2.99. The average molecular weight is 395 g/mol. The second-order valence-corrected chi connectivity index (χ2v) is 5.90. The van der Waals surface area contributed by atoms with Gasteiger partial charge in [0.2, 0.25) is 5.91 Å². The predicted octanol–water partition coefficient (Wildman–Crippen LogP) is 2.83. The summed E-state index contributed by atoms with van der Waals surface area (Å²) in [6.45, 7) is 2.82. The number of carbonyl (C=O) groups is 2. The number of nitrogens with one attached hydrogen (secondary N) is 1. The summed E-state index contributed by atoms with van der Waals surface area (Å²) in [4.78, 5) is 25.4. The smallest absolute Gasteiger partial charge is 0.289 e. The van der Waals surface area contributed by atoms with E-state index in [2.05, 4.69) is 21.2 Å². The lowest BCUT2D eigenvalue weighted by atomic mass is 10.2. The topological polar surface area (TPSA) is 71.8 Å². The zero-order valence-corrected chi connectivity index (χ0v) is 15.1. The van der Waals surface area contributed by atoms with E-state index in [-0.39, 0.29) is 24.1 Å². The van der Waals surface area contributed by atoms with Crippen molar-refractivity contribution in [3.63, 3.8) is 0 Å². The van der Waals surface area contributed by atoms with E-state index in [9.17, 15) is 9.59 Å². The summed E-state index contributed by atoms with van der Waals surface area (Å²) in [5.74, 6) is 0.342. The van der Waals surface area contributed by atoms with E-state index in [1.165, 1.54) is 4.90 Å².